The van der Waals surface area contributed by atoms with Crippen LogP contribution in [0.4, 0.5) is 15.8 Å². The summed E-state index contributed by atoms with van der Waals surface area (Å²) in [5.74, 6) is -1.28. The van der Waals surface area contributed by atoms with E-state index in [9.17, 15) is 14.3 Å². The monoisotopic (exact) mass is 492 g/mol. The Hall–Kier alpha value is -3.29. The standard InChI is InChI=1S/C28H29FN2O3S/c1-4-18(15-27(32)33)20-12-21(28(34-5-2)19-6-8-22(29)9-7-19)14-24(13-20)31-23-10-11-25-26(16-23)35-17(3)30-25/h6-14,16,18,28,31H,4-5,15H2,1-3H3,(H,32,33). The van der Waals surface area contributed by atoms with Gasteiger partial charge < -0.3 is 15.2 Å². The van der Waals surface area contributed by atoms with Crippen LogP contribution in [-0.4, -0.2) is 22.7 Å². The van der Waals surface area contributed by atoms with Crippen molar-refractivity contribution in [2.45, 2.75) is 45.6 Å². The molecule has 35 heavy (non-hydrogen) atoms. The number of carbonyl (C=O) groups is 1. The first kappa shape index (κ1) is 24.8. The number of nitrogens with zero attached hydrogens (tertiary/aromatic N) is 1. The molecule has 1 aromatic heterocycles. The van der Waals surface area contributed by atoms with Gasteiger partial charge in [-0.05, 0) is 85.3 Å². The fourth-order valence-corrected chi connectivity index (χ4v) is 5.18. The average molecular weight is 493 g/mol. The number of aryl methyl sites for hydroxylation is 1. The summed E-state index contributed by atoms with van der Waals surface area (Å²) in [6.07, 6.45) is 0.327. The van der Waals surface area contributed by atoms with E-state index in [1.54, 1.807) is 23.5 Å². The Bertz CT molecular complexity index is 1320. The van der Waals surface area contributed by atoms with Crippen LogP contribution >= 0.6 is 11.3 Å². The van der Waals surface area contributed by atoms with Crippen LogP contribution in [0, 0.1) is 12.7 Å². The Labute approximate surface area is 208 Å². The third-order valence-electron chi connectivity index (χ3n) is 5.96. The Morgan fingerprint density at radius 2 is 1.77 bits per heavy atom. The number of ether oxygens (including phenoxy) is 1. The molecule has 2 atom stereocenters. The third kappa shape index (κ3) is 6.05. The Kier molecular flexibility index (Phi) is 7.78. The number of carboxylic acid groups (broad SMARTS) is 1. The zero-order valence-electron chi connectivity index (χ0n) is 20.0. The molecule has 0 fully saturated rings. The molecule has 4 rings (SSSR count). The number of fused-ring (bicyclic) bond motifs is 1. The number of nitrogens with one attached hydrogen (secondary N) is 1. The highest BCUT2D eigenvalue weighted by Crippen LogP contribution is 2.35. The van der Waals surface area contributed by atoms with E-state index in [0.29, 0.717) is 13.0 Å². The summed E-state index contributed by atoms with van der Waals surface area (Å²) in [6, 6.07) is 18.4. The molecule has 2 unspecified atom stereocenters. The lowest BCUT2D eigenvalue weighted by atomic mass is 9.89. The second-order valence-corrected chi connectivity index (χ2v) is 9.75. The third-order valence-corrected chi connectivity index (χ3v) is 6.89. The first-order chi connectivity index (χ1) is 16.9. The second kappa shape index (κ2) is 11.0. The summed E-state index contributed by atoms with van der Waals surface area (Å²) in [5.41, 5.74) is 5.38. The van der Waals surface area contributed by atoms with E-state index in [0.717, 1.165) is 43.3 Å². The van der Waals surface area contributed by atoms with Crippen LogP contribution in [0.5, 0.6) is 0 Å². The summed E-state index contributed by atoms with van der Waals surface area (Å²) in [5, 5.41) is 14.0. The molecule has 0 aliphatic carbocycles. The van der Waals surface area contributed by atoms with E-state index in [1.165, 1.54) is 12.1 Å². The van der Waals surface area contributed by atoms with Crippen LogP contribution in [0.15, 0.2) is 60.7 Å². The van der Waals surface area contributed by atoms with Crippen LogP contribution in [0.25, 0.3) is 10.2 Å². The van der Waals surface area contributed by atoms with Crippen LogP contribution in [-0.2, 0) is 9.53 Å². The molecule has 0 saturated carbocycles. The highest BCUT2D eigenvalue weighted by atomic mass is 32.1. The molecule has 2 N–H and O–H groups in total. The fraction of sp³-hybridized carbons (Fsp3) is 0.286. The quantitative estimate of drug-likeness (QED) is 0.239. The van der Waals surface area contributed by atoms with Crippen LogP contribution < -0.4 is 5.32 Å². The minimum atomic E-state index is -0.831. The lowest BCUT2D eigenvalue weighted by Crippen LogP contribution is -2.10. The highest BCUT2D eigenvalue weighted by molar-refractivity contribution is 7.18. The van der Waals surface area contributed by atoms with Crippen molar-refractivity contribution < 1.29 is 19.0 Å². The van der Waals surface area contributed by atoms with E-state index in [4.69, 9.17) is 4.74 Å². The molecule has 3 aromatic carbocycles. The SMILES string of the molecule is CCOC(c1ccc(F)cc1)c1cc(Nc2ccc3nc(C)sc3c2)cc(C(CC)CC(=O)O)c1. The van der Waals surface area contributed by atoms with Gasteiger partial charge in [-0.2, -0.15) is 0 Å². The maximum atomic E-state index is 13.6. The Morgan fingerprint density at radius 1 is 1.03 bits per heavy atom. The van der Waals surface area contributed by atoms with Gasteiger partial charge in [-0.3, -0.25) is 4.79 Å². The lowest BCUT2D eigenvalue weighted by Gasteiger charge is -2.23. The predicted octanol–water partition coefficient (Wildman–Crippen LogP) is 7.58. The number of hydrogen-bond acceptors (Lipinski definition) is 5. The van der Waals surface area contributed by atoms with Gasteiger partial charge in [0.15, 0.2) is 0 Å². The van der Waals surface area contributed by atoms with Crippen molar-refractivity contribution in [2.75, 3.05) is 11.9 Å². The average Bonchev–Trinajstić information content (AvgIpc) is 3.20. The van der Waals surface area contributed by atoms with Gasteiger partial charge >= 0.3 is 5.97 Å². The lowest BCUT2D eigenvalue weighted by molar-refractivity contribution is -0.137. The molecule has 0 bridgehead atoms. The topological polar surface area (TPSA) is 71.5 Å². The van der Waals surface area contributed by atoms with Gasteiger partial charge in [0.25, 0.3) is 0 Å². The zero-order valence-corrected chi connectivity index (χ0v) is 20.9. The van der Waals surface area contributed by atoms with E-state index >= 15 is 0 Å². The summed E-state index contributed by atoms with van der Waals surface area (Å²) in [7, 11) is 0. The predicted molar refractivity (Wildman–Crippen MR) is 139 cm³/mol. The number of benzene rings is 3. The molecule has 0 aliphatic rings. The maximum absolute atomic E-state index is 13.6. The number of carboxylic acids is 1. The highest BCUT2D eigenvalue weighted by Gasteiger charge is 2.20. The number of aliphatic carboxylic acids is 1. The Balaban J connectivity index is 1.77. The summed E-state index contributed by atoms with van der Waals surface area (Å²) in [6.45, 7) is 6.38. The number of hydrogen-bond donors (Lipinski definition) is 2. The minimum absolute atomic E-state index is 0.0430. The van der Waals surface area contributed by atoms with Crippen molar-refractivity contribution in [2.24, 2.45) is 0 Å². The molecule has 7 heteroatoms. The van der Waals surface area contributed by atoms with E-state index in [1.807, 2.05) is 51.1 Å². The number of rotatable bonds is 10. The normalized spacial score (nSPS) is 13.0. The number of halogens is 1. The fourth-order valence-electron chi connectivity index (χ4n) is 4.32. The molecule has 0 spiro atoms. The second-order valence-electron chi connectivity index (χ2n) is 8.52. The van der Waals surface area contributed by atoms with E-state index in [2.05, 4.69) is 16.4 Å². The summed E-state index contributed by atoms with van der Waals surface area (Å²) < 4.78 is 20.8. The van der Waals surface area contributed by atoms with Gasteiger partial charge in [-0.15, -0.1) is 11.3 Å². The zero-order chi connectivity index (χ0) is 24.9. The van der Waals surface area contributed by atoms with E-state index in [-0.39, 0.29) is 18.2 Å². The van der Waals surface area contributed by atoms with Crippen molar-refractivity contribution >= 4 is 38.9 Å². The molecule has 0 radical (unpaired) electrons. The summed E-state index contributed by atoms with van der Waals surface area (Å²) >= 11 is 1.64. The van der Waals surface area contributed by atoms with Gasteiger partial charge in [0.1, 0.15) is 11.9 Å². The number of anilines is 2. The van der Waals surface area contributed by atoms with Gasteiger partial charge in [0.05, 0.1) is 21.6 Å². The van der Waals surface area contributed by atoms with Crippen molar-refractivity contribution in [3.63, 3.8) is 0 Å². The summed E-state index contributed by atoms with van der Waals surface area (Å²) in [4.78, 5) is 16.1. The molecular weight excluding hydrogens is 463 g/mol. The van der Waals surface area contributed by atoms with Gasteiger partial charge in [0, 0.05) is 18.0 Å². The van der Waals surface area contributed by atoms with Crippen molar-refractivity contribution in [3.8, 4) is 0 Å². The van der Waals surface area contributed by atoms with E-state index < -0.39 is 12.1 Å². The van der Waals surface area contributed by atoms with Crippen molar-refractivity contribution in [1.29, 1.82) is 0 Å². The largest absolute Gasteiger partial charge is 0.481 e. The van der Waals surface area contributed by atoms with Gasteiger partial charge in [-0.25, -0.2) is 9.37 Å². The smallest absolute Gasteiger partial charge is 0.303 e. The van der Waals surface area contributed by atoms with Crippen molar-refractivity contribution in [3.05, 3.63) is 88.2 Å². The van der Waals surface area contributed by atoms with Gasteiger partial charge in [0.2, 0.25) is 0 Å². The maximum Gasteiger partial charge on any atom is 0.303 e. The molecule has 4 aromatic rings. The molecule has 0 saturated heterocycles. The number of thiazole rings is 1. The van der Waals surface area contributed by atoms with Crippen LogP contribution in [0.3, 0.4) is 0 Å². The van der Waals surface area contributed by atoms with Gasteiger partial charge in [-0.1, -0.05) is 25.1 Å². The Morgan fingerprint density at radius 3 is 2.46 bits per heavy atom. The number of aromatic nitrogens is 1. The molecule has 0 aliphatic heterocycles. The molecule has 0 amide bonds. The molecule has 1 heterocycles. The van der Waals surface area contributed by atoms with Crippen LogP contribution in [0.1, 0.15) is 60.4 Å². The first-order valence-electron chi connectivity index (χ1n) is 11.7. The molecule has 182 valence electrons. The van der Waals surface area contributed by atoms with Crippen molar-refractivity contribution in [1.82, 2.24) is 4.98 Å². The molecule has 5 nitrogen and oxygen atoms in total. The minimum Gasteiger partial charge on any atom is -0.481 e. The molecular formula is C28H29FN2O3S. The first-order valence-corrected chi connectivity index (χ1v) is 12.6. The van der Waals surface area contributed by atoms with Crippen LogP contribution in [0.2, 0.25) is 0 Å².